The van der Waals surface area contributed by atoms with E-state index < -0.39 is 18.0 Å². The number of hydrogen-bond acceptors (Lipinski definition) is 6. The molecule has 0 saturated heterocycles. The van der Waals surface area contributed by atoms with Gasteiger partial charge in [0.25, 0.3) is 0 Å². The highest BCUT2D eigenvalue weighted by molar-refractivity contribution is 5.99. The molecule has 0 aliphatic carbocycles. The average Bonchev–Trinajstić information content (AvgIpc) is 2.60. The SMILES string of the molecule is COC(=O)c1ccc(C(=O)O)c(NC(=O)OCc2ccccc2)n1. The summed E-state index contributed by atoms with van der Waals surface area (Å²) in [4.78, 5) is 38.3. The van der Waals surface area contributed by atoms with Gasteiger partial charge in [-0.1, -0.05) is 30.3 Å². The normalized spacial score (nSPS) is 9.88. The quantitative estimate of drug-likeness (QED) is 0.808. The third kappa shape index (κ3) is 4.29. The molecule has 0 saturated carbocycles. The van der Waals surface area contributed by atoms with E-state index in [4.69, 9.17) is 9.84 Å². The van der Waals surface area contributed by atoms with Gasteiger partial charge >= 0.3 is 18.0 Å². The van der Waals surface area contributed by atoms with Crippen LogP contribution in [0.3, 0.4) is 0 Å². The van der Waals surface area contributed by atoms with Crippen LogP contribution in [0.15, 0.2) is 42.5 Å². The van der Waals surface area contributed by atoms with Crippen molar-refractivity contribution in [3.63, 3.8) is 0 Å². The van der Waals surface area contributed by atoms with E-state index in [0.717, 1.165) is 18.7 Å². The van der Waals surface area contributed by atoms with Crippen LogP contribution in [0.5, 0.6) is 0 Å². The molecule has 2 aromatic rings. The maximum Gasteiger partial charge on any atom is 0.413 e. The summed E-state index contributed by atoms with van der Waals surface area (Å²) < 4.78 is 9.50. The number of hydrogen-bond donors (Lipinski definition) is 2. The fraction of sp³-hybridized carbons (Fsp3) is 0.125. The van der Waals surface area contributed by atoms with Crippen LogP contribution in [0.4, 0.5) is 10.6 Å². The lowest BCUT2D eigenvalue weighted by molar-refractivity contribution is 0.0591. The van der Waals surface area contributed by atoms with Gasteiger partial charge in [-0.3, -0.25) is 5.32 Å². The minimum atomic E-state index is -1.31. The molecule has 0 aliphatic heterocycles. The van der Waals surface area contributed by atoms with Gasteiger partial charge in [0.2, 0.25) is 0 Å². The molecule has 0 radical (unpaired) electrons. The predicted octanol–water partition coefficient (Wildman–Crippen LogP) is 2.32. The number of anilines is 1. The summed E-state index contributed by atoms with van der Waals surface area (Å²) in [5.41, 5.74) is 0.350. The largest absolute Gasteiger partial charge is 0.478 e. The van der Waals surface area contributed by atoms with Crippen molar-refractivity contribution in [3.05, 3.63) is 59.3 Å². The molecule has 124 valence electrons. The topological polar surface area (TPSA) is 115 Å². The number of esters is 1. The molecule has 0 fully saturated rings. The Balaban J connectivity index is 2.12. The van der Waals surface area contributed by atoms with Gasteiger partial charge in [-0.05, 0) is 17.7 Å². The number of carboxylic acid groups (broad SMARTS) is 1. The summed E-state index contributed by atoms with van der Waals surface area (Å²) in [6, 6.07) is 11.3. The monoisotopic (exact) mass is 330 g/mol. The molecule has 1 heterocycles. The molecule has 1 aromatic heterocycles. The van der Waals surface area contributed by atoms with Gasteiger partial charge in [0.1, 0.15) is 12.2 Å². The van der Waals surface area contributed by atoms with Gasteiger partial charge in [0, 0.05) is 0 Å². The lowest BCUT2D eigenvalue weighted by atomic mass is 10.2. The summed E-state index contributed by atoms with van der Waals surface area (Å²) in [6.45, 7) is 0.00572. The van der Waals surface area contributed by atoms with E-state index in [9.17, 15) is 14.4 Å². The van der Waals surface area contributed by atoms with Crippen molar-refractivity contribution in [2.45, 2.75) is 6.61 Å². The zero-order valence-electron chi connectivity index (χ0n) is 12.7. The number of aromatic nitrogens is 1. The minimum Gasteiger partial charge on any atom is -0.478 e. The maximum atomic E-state index is 11.8. The van der Waals surface area contributed by atoms with Gasteiger partial charge in [-0.2, -0.15) is 0 Å². The number of ether oxygens (including phenoxy) is 2. The molecule has 2 rings (SSSR count). The highest BCUT2D eigenvalue weighted by atomic mass is 16.5. The fourth-order valence-corrected chi connectivity index (χ4v) is 1.80. The molecule has 0 spiro atoms. The van der Waals surface area contributed by atoms with Crippen LogP contribution in [0.2, 0.25) is 0 Å². The van der Waals surface area contributed by atoms with Crippen molar-refractivity contribution in [1.82, 2.24) is 4.98 Å². The molecule has 8 nitrogen and oxygen atoms in total. The van der Waals surface area contributed by atoms with Crippen molar-refractivity contribution in [2.24, 2.45) is 0 Å². The van der Waals surface area contributed by atoms with Gasteiger partial charge in [-0.15, -0.1) is 0 Å². The first-order valence-corrected chi connectivity index (χ1v) is 6.81. The fourth-order valence-electron chi connectivity index (χ4n) is 1.80. The van der Waals surface area contributed by atoms with Gasteiger partial charge in [0.05, 0.1) is 7.11 Å². The van der Waals surface area contributed by atoms with E-state index >= 15 is 0 Å². The van der Waals surface area contributed by atoms with Crippen LogP contribution in [0.1, 0.15) is 26.4 Å². The van der Waals surface area contributed by atoms with Crippen LogP contribution in [-0.4, -0.2) is 35.2 Å². The Morgan fingerprint density at radius 3 is 2.46 bits per heavy atom. The lowest BCUT2D eigenvalue weighted by Gasteiger charge is -2.09. The molecule has 1 amide bonds. The Labute approximate surface area is 137 Å². The van der Waals surface area contributed by atoms with Crippen LogP contribution in [0.25, 0.3) is 0 Å². The van der Waals surface area contributed by atoms with Crippen LogP contribution in [-0.2, 0) is 16.1 Å². The maximum absolute atomic E-state index is 11.8. The summed E-state index contributed by atoms with van der Waals surface area (Å²) in [6.07, 6.45) is -0.893. The highest BCUT2D eigenvalue weighted by Gasteiger charge is 2.18. The van der Waals surface area contributed by atoms with Crippen LogP contribution >= 0.6 is 0 Å². The van der Waals surface area contributed by atoms with Gasteiger partial charge in [0.15, 0.2) is 11.5 Å². The highest BCUT2D eigenvalue weighted by Crippen LogP contribution is 2.15. The van der Waals surface area contributed by atoms with Crippen molar-refractivity contribution in [2.75, 3.05) is 12.4 Å². The number of carbonyl (C=O) groups is 3. The van der Waals surface area contributed by atoms with Crippen molar-refractivity contribution < 1.29 is 29.0 Å². The number of aromatic carboxylic acids is 1. The first kappa shape index (κ1) is 16.9. The number of nitrogens with zero attached hydrogens (tertiary/aromatic N) is 1. The second-order valence-electron chi connectivity index (χ2n) is 4.58. The third-order valence-corrected chi connectivity index (χ3v) is 2.95. The number of nitrogens with one attached hydrogen (secondary N) is 1. The Morgan fingerprint density at radius 1 is 1.12 bits per heavy atom. The van der Waals surface area contributed by atoms with Crippen LogP contribution < -0.4 is 5.32 Å². The van der Waals surface area contributed by atoms with E-state index in [1.54, 1.807) is 24.3 Å². The Kier molecular flexibility index (Phi) is 5.45. The molecule has 0 atom stereocenters. The predicted molar refractivity (Wildman–Crippen MR) is 82.8 cm³/mol. The van der Waals surface area contributed by atoms with Crippen molar-refractivity contribution >= 4 is 23.8 Å². The first-order valence-electron chi connectivity index (χ1n) is 6.81. The van der Waals surface area contributed by atoms with E-state index in [2.05, 4.69) is 15.0 Å². The first-order chi connectivity index (χ1) is 11.5. The lowest BCUT2D eigenvalue weighted by Crippen LogP contribution is -2.18. The Bertz CT molecular complexity index is 760. The molecule has 8 heteroatoms. The molecule has 2 N–H and O–H groups in total. The van der Waals surface area contributed by atoms with Crippen LogP contribution in [0, 0.1) is 0 Å². The number of methoxy groups -OCH3 is 1. The van der Waals surface area contributed by atoms with Crippen molar-refractivity contribution in [3.8, 4) is 0 Å². The average molecular weight is 330 g/mol. The summed E-state index contributed by atoms with van der Waals surface area (Å²) >= 11 is 0. The van der Waals surface area contributed by atoms with E-state index in [0.29, 0.717) is 0 Å². The number of carboxylic acids is 1. The number of pyridine rings is 1. The van der Waals surface area contributed by atoms with E-state index in [1.807, 2.05) is 6.07 Å². The Hall–Kier alpha value is -3.42. The zero-order chi connectivity index (χ0) is 17.5. The minimum absolute atomic E-state index is 0.00572. The summed E-state index contributed by atoms with van der Waals surface area (Å²) in [7, 11) is 1.16. The molecule has 24 heavy (non-hydrogen) atoms. The third-order valence-electron chi connectivity index (χ3n) is 2.95. The molecule has 1 aromatic carbocycles. The van der Waals surface area contributed by atoms with Gasteiger partial charge in [-0.25, -0.2) is 19.4 Å². The standard InChI is InChI=1S/C16H14N2O6/c1-23-15(21)12-8-7-11(14(19)20)13(17-12)18-16(22)24-9-10-5-3-2-4-6-10/h2-8H,9H2,1H3,(H,19,20)(H,17,18,22). The zero-order valence-corrected chi connectivity index (χ0v) is 12.7. The number of amides is 1. The second-order valence-corrected chi connectivity index (χ2v) is 4.58. The number of benzene rings is 1. The number of carbonyl (C=O) groups excluding carboxylic acids is 2. The molecule has 0 unspecified atom stereocenters. The molecular weight excluding hydrogens is 316 g/mol. The summed E-state index contributed by atoms with van der Waals surface area (Å²) in [5, 5.41) is 11.3. The summed E-state index contributed by atoms with van der Waals surface area (Å²) in [5.74, 6) is -2.37. The van der Waals surface area contributed by atoms with Gasteiger partial charge < -0.3 is 14.6 Å². The molecule has 0 aliphatic rings. The Morgan fingerprint density at radius 2 is 1.83 bits per heavy atom. The van der Waals surface area contributed by atoms with Crippen molar-refractivity contribution in [1.29, 1.82) is 0 Å². The number of rotatable bonds is 5. The van der Waals surface area contributed by atoms with E-state index in [-0.39, 0.29) is 23.7 Å². The molecule has 0 bridgehead atoms. The smallest absolute Gasteiger partial charge is 0.413 e. The second kappa shape index (κ2) is 7.73. The van der Waals surface area contributed by atoms with E-state index in [1.165, 1.54) is 6.07 Å². The molecular formula is C16H14N2O6.